The van der Waals surface area contributed by atoms with E-state index < -0.39 is 0 Å². The van der Waals surface area contributed by atoms with E-state index >= 15 is 0 Å². The molecule has 0 aliphatic heterocycles. The van der Waals surface area contributed by atoms with Crippen LogP contribution in [0.5, 0.6) is 0 Å². The Kier molecular flexibility index (Phi) is 19.3. The van der Waals surface area contributed by atoms with Gasteiger partial charge in [-0.25, -0.2) is 0 Å². The molecular weight excluding hydrogens is 312 g/mol. The van der Waals surface area contributed by atoms with Gasteiger partial charge in [-0.3, -0.25) is 4.79 Å². The summed E-state index contributed by atoms with van der Waals surface area (Å²) in [5.74, 6) is 0.0609. The van der Waals surface area contributed by atoms with Gasteiger partial charge in [0.15, 0.2) is 0 Å². The van der Waals surface area contributed by atoms with Crippen LogP contribution in [-0.4, -0.2) is 19.0 Å². The SMILES string of the molecule is CCCCCCCC/C=C\CCCCCCCC(=O)NCCN=[N+]=[N-]. The molecule has 0 bridgehead atoms. The summed E-state index contributed by atoms with van der Waals surface area (Å²) >= 11 is 0. The Morgan fingerprint density at radius 2 is 1.48 bits per heavy atom. The summed E-state index contributed by atoms with van der Waals surface area (Å²) < 4.78 is 0. The monoisotopic (exact) mass is 350 g/mol. The molecule has 0 spiro atoms. The van der Waals surface area contributed by atoms with E-state index in [0.717, 1.165) is 12.8 Å². The zero-order valence-corrected chi connectivity index (χ0v) is 16.2. The third-order valence-electron chi connectivity index (χ3n) is 4.26. The molecule has 0 unspecified atom stereocenters. The number of rotatable bonds is 18. The van der Waals surface area contributed by atoms with Crippen LogP contribution in [0.1, 0.15) is 96.8 Å². The smallest absolute Gasteiger partial charge is 0.219 e. The quantitative estimate of drug-likeness (QED) is 0.0995. The minimum atomic E-state index is 0.0609. The van der Waals surface area contributed by atoms with Crippen molar-refractivity contribution in [1.82, 2.24) is 5.32 Å². The summed E-state index contributed by atoms with van der Waals surface area (Å²) in [7, 11) is 0. The van der Waals surface area contributed by atoms with E-state index in [1.165, 1.54) is 70.6 Å². The molecule has 0 aliphatic carbocycles. The molecule has 0 fully saturated rings. The number of nitrogens with zero attached hydrogens (tertiary/aromatic N) is 3. The molecule has 0 heterocycles. The van der Waals surface area contributed by atoms with Crippen LogP contribution in [0.4, 0.5) is 0 Å². The van der Waals surface area contributed by atoms with E-state index in [1.807, 2.05) is 0 Å². The van der Waals surface area contributed by atoms with Gasteiger partial charge in [-0.15, -0.1) is 0 Å². The van der Waals surface area contributed by atoms with Crippen molar-refractivity contribution in [2.24, 2.45) is 5.11 Å². The molecule has 0 saturated carbocycles. The number of allylic oxidation sites excluding steroid dienone is 2. The zero-order valence-electron chi connectivity index (χ0n) is 16.2. The Labute approximate surface area is 154 Å². The summed E-state index contributed by atoms with van der Waals surface area (Å²) in [6.07, 6.45) is 21.7. The Bertz CT molecular complexity index is 376. The molecule has 5 nitrogen and oxygen atoms in total. The van der Waals surface area contributed by atoms with Gasteiger partial charge in [0.25, 0.3) is 0 Å². The molecule has 0 aromatic carbocycles. The molecule has 0 atom stereocenters. The van der Waals surface area contributed by atoms with Crippen molar-refractivity contribution in [2.75, 3.05) is 13.1 Å². The second kappa shape index (κ2) is 20.6. The zero-order chi connectivity index (χ0) is 18.4. The highest BCUT2D eigenvalue weighted by Gasteiger charge is 1.99. The average molecular weight is 351 g/mol. The number of carbonyl (C=O) groups excluding carboxylic acids is 1. The Morgan fingerprint density at radius 1 is 0.920 bits per heavy atom. The van der Waals surface area contributed by atoms with Gasteiger partial charge in [-0.05, 0) is 37.6 Å². The lowest BCUT2D eigenvalue weighted by Crippen LogP contribution is -2.25. The summed E-state index contributed by atoms with van der Waals surface area (Å²) in [5.41, 5.74) is 8.13. The topological polar surface area (TPSA) is 77.9 Å². The number of unbranched alkanes of at least 4 members (excludes halogenated alkanes) is 11. The van der Waals surface area contributed by atoms with Crippen molar-refractivity contribution in [3.63, 3.8) is 0 Å². The van der Waals surface area contributed by atoms with Gasteiger partial charge in [0.1, 0.15) is 0 Å². The van der Waals surface area contributed by atoms with Crippen LogP contribution in [0.2, 0.25) is 0 Å². The van der Waals surface area contributed by atoms with Crippen molar-refractivity contribution < 1.29 is 4.79 Å². The van der Waals surface area contributed by atoms with Crippen LogP contribution in [-0.2, 0) is 4.79 Å². The van der Waals surface area contributed by atoms with Crippen LogP contribution < -0.4 is 5.32 Å². The Morgan fingerprint density at radius 3 is 2.08 bits per heavy atom. The van der Waals surface area contributed by atoms with E-state index in [-0.39, 0.29) is 5.91 Å². The maximum absolute atomic E-state index is 11.5. The van der Waals surface area contributed by atoms with Gasteiger partial charge >= 0.3 is 0 Å². The summed E-state index contributed by atoms with van der Waals surface area (Å²) in [4.78, 5) is 14.1. The fourth-order valence-corrected chi connectivity index (χ4v) is 2.73. The molecule has 0 aromatic rings. The van der Waals surface area contributed by atoms with E-state index in [9.17, 15) is 4.79 Å². The predicted octanol–water partition coefficient (Wildman–Crippen LogP) is 6.45. The average Bonchev–Trinajstić information content (AvgIpc) is 2.62. The molecule has 0 rings (SSSR count). The lowest BCUT2D eigenvalue weighted by molar-refractivity contribution is -0.121. The van der Waals surface area contributed by atoms with Crippen molar-refractivity contribution >= 4 is 5.91 Å². The number of hydrogen-bond acceptors (Lipinski definition) is 2. The van der Waals surface area contributed by atoms with Crippen LogP contribution in [0.25, 0.3) is 10.4 Å². The normalized spacial score (nSPS) is 10.8. The molecule has 0 aliphatic rings. The van der Waals surface area contributed by atoms with Crippen molar-refractivity contribution in [2.45, 2.75) is 96.8 Å². The maximum Gasteiger partial charge on any atom is 0.219 e. The third-order valence-corrected chi connectivity index (χ3v) is 4.26. The number of carbonyl (C=O) groups is 1. The van der Waals surface area contributed by atoms with E-state index in [0.29, 0.717) is 19.5 Å². The lowest BCUT2D eigenvalue weighted by atomic mass is 10.1. The molecule has 5 heteroatoms. The van der Waals surface area contributed by atoms with Gasteiger partial charge < -0.3 is 5.32 Å². The first-order chi connectivity index (χ1) is 12.3. The molecule has 0 saturated heterocycles. The highest BCUT2D eigenvalue weighted by molar-refractivity contribution is 5.75. The van der Waals surface area contributed by atoms with Crippen LogP contribution in [0, 0.1) is 0 Å². The highest BCUT2D eigenvalue weighted by Crippen LogP contribution is 2.09. The molecule has 25 heavy (non-hydrogen) atoms. The van der Waals surface area contributed by atoms with Gasteiger partial charge in [0, 0.05) is 24.4 Å². The lowest BCUT2D eigenvalue weighted by Gasteiger charge is -2.03. The maximum atomic E-state index is 11.5. The molecule has 1 N–H and O–H groups in total. The minimum absolute atomic E-state index is 0.0609. The van der Waals surface area contributed by atoms with Crippen LogP contribution in [0.15, 0.2) is 17.3 Å². The summed E-state index contributed by atoms with van der Waals surface area (Å²) in [5, 5.41) is 6.13. The van der Waals surface area contributed by atoms with Gasteiger partial charge in [0.05, 0.1) is 0 Å². The van der Waals surface area contributed by atoms with Gasteiger partial charge in [0.2, 0.25) is 5.91 Å². The van der Waals surface area contributed by atoms with E-state index in [2.05, 4.69) is 34.4 Å². The van der Waals surface area contributed by atoms with E-state index in [4.69, 9.17) is 5.53 Å². The largest absolute Gasteiger partial charge is 0.356 e. The molecule has 0 aromatic heterocycles. The van der Waals surface area contributed by atoms with Gasteiger partial charge in [-0.1, -0.05) is 75.6 Å². The second-order valence-electron chi connectivity index (χ2n) is 6.64. The molecule has 1 amide bonds. The molecular formula is C20H38N4O. The Hall–Kier alpha value is -1.48. The van der Waals surface area contributed by atoms with Gasteiger partial charge in [-0.2, -0.15) is 0 Å². The first kappa shape index (κ1) is 23.5. The van der Waals surface area contributed by atoms with Crippen LogP contribution in [0.3, 0.4) is 0 Å². The van der Waals surface area contributed by atoms with Crippen molar-refractivity contribution in [1.29, 1.82) is 0 Å². The standard InChI is InChI=1S/C20H38N4O/c1-2-3-4-5-6-7-8-9-10-11-12-13-14-15-16-17-20(25)22-18-19-23-24-21/h9-10H,2-8,11-19H2,1H3,(H,22,25)/b10-9-. The number of amides is 1. The molecule has 0 radical (unpaired) electrons. The van der Waals surface area contributed by atoms with Crippen LogP contribution >= 0.6 is 0 Å². The summed E-state index contributed by atoms with van der Waals surface area (Å²) in [6.45, 7) is 3.03. The fourth-order valence-electron chi connectivity index (χ4n) is 2.73. The second-order valence-corrected chi connectivity index (χ2v) is 6.64. The van der Waals surface area contributed by atoms with Crippen molar-refractivity contribution in [3.8, 4) is 0 Å². The minimum Gasteiger partial charge on any atom is -0.356 e. The first-order valence-corrected chi connectivity index (χ1v) is 10.2. The summed E-state index contributed by atoms with van der Waals surface area (Å²) in [6, 6.07) is 0. The number of nitrogens with one attached hydrogen (secondary N) is 1. The van der Waals surface area contributed by atoms with E-state index in [1.54, 1.807) is 0 Å². The first-order valence-electron chi connectivity index (χ1n) is 10.2. The third kappa shape index (κ3) is 20.5. The molecule has 144 valence electrons. The highest BCUT2D eigenvalue weighted by atomic mass is 16.1. The predicted molar refractivity (Wildman–Crippen MR) is 106 cm³/mol. The number of hydrogen-bond donors (Lipinski definition) is 1. The number of azide groups is 1. The fraction of sp³-hybridized carbons (Fsp3) is 0.850. The van der Waals surface area contributed by atoms with Crippen molar-refractivity contribution in [3.05, 3.63) is 22.6 Å². The Balaban J connectivity index is 3.21.